The molecule has 0 bridgehead atoms. The standard InChI is InChI=1S/C17H19FN2O/c1-3-10-20(16-7-5-4-6-15(16)19)17(21)13-9-8-12(2)11-14(13)18/h4-9,11H,3,10,19H2,1-2H3. The van der Waals surface area contributed by atoms with Gasteiger partial charge in [-0.1, -0.05) is 25.1 Å². The summed E-state index contributed by atoms with van der Waals surface area (Å²) in [4.78, 5) is 14.2. The number of benzene rings is 2. The van der Waals surface area contributed by atoms with Gasteiger partial charge in [-0.3, -0.25) is 4.79 Å². The summed E-state index contributed by atoms with van der Waals surface area (Å²) >= 11 is 0. The maximum Gasteiger partial charge on any atom is 0.261 e. The van der Waals surface area contributed by atoms with Crippen LogP contribution in [0.4, 0.5) is 15.8 Å². The zero-order valence-electron chi connectivity index (χ0n) is 12.3. The Balaban J connectivity index is 2.43. The van der Waals surface area contributed by atoms with Crippen LogP contribution in [0.5, 0.6) is 0 Å². The van der Waals surface area contributed by atoms with E-state index in [0.29, 0.717) is 17.9 Å². The van der Waals surface area contributed by atoms with Crippen LogP contribution in [0.15, 0.2) is 42.5 Å². The predicted octanol–water partition coefficient (Wildman–Crippen LogP) is 3.77. The lowest BCUT2D eigenvalue weighted by Gasteiger charge is -2.24. The minimum absolute atomic E-state index is 0.0669. The molecular weight excluding hydrogens is 267 g/mol. The summed E-state index contributed by atoms with van der Waals surface area (Å²) in [6, 6.07) is 11.7. The first kappa shape index (κ1) is 15.0. The van der Waals surface area contributed by atoms with Gasteiger partial charge >= 0.3 is 0 Å². The number of nitrogen functional groups attached to an aromatic ring is 1. The molecular formula is C17H19FN2O. The minimum Gasteiger partial charge on any atom is -0.397 e. The van der Waals surface area contributed by atoms with Crippen molar-refractivity contribution in [2.75, 3.05) is 17.2 Å². The first-order valence-electron chi connectivity index (χ1n) is 6.97. The van der Waals surface area contributed by atoms with Crippen molar-refractivity contribution in [3.8, 4) is 0 Å². The van der Waals surface area contributed by atoms with Gasteiger partial charge in [0.25, 0.3) is 5.91 Å². The molecule has 0 aliphatic heterocycles. The number of carbonyl (C=O) groups is 1. The fourth-order valence-electron chi connectivity index (χ4n) is 2.23. The normalized spacial score (nSPS) is 10.4. The maximum atomic E-state index is 14.0. The third-order valence-electron chi connectivity index (χ3n) is 3.27. The smallest absolute Gasteiger partial charge is 0.261 e. The van der Waals surface area contributed by atoms with Crippen molar-refractivity contribution in [2.24, 2.45) is 0 Å². The van der Waals surface area contributed by atoms with E-state index in [4.69, 9.17) is 5.73 Å². The van der Waals surface area contributed by atoms with Crippen molar-refractivity contribution in [1.29, 1.82) is 0 Å². The van der Waals surface area contributed by atoms with Crippen molar-refractivity contribution in [1.82, 2.24) is 0 Å². The van der Waals surface area contributed by atoms with Gasteiger partial charge in [-0.05, 0) is 43.2 Å². The fourth-order valence-corrected chi connectivity index (χ4v) is 2.23. The number of nitrogens with zero attached hydrogens (tertiary/aromatic N) is 1. The molecule has 0 heterocycles. The van der Waals surface area contributed by atoms with Gasteiger partial charge in [0.2, 0.25) is 0 Å². The van der Waals surface area contributed by atoms with E-state index in [-0.39, 0.29) is 11.5 Å². The van der Waals surface area contributed by atoms with E-state index in [9.17, 15) is 9.18 Å². The van der Waals surface area contributed by atoms with E-state index in [1.165, 1.54) is 17.0 Å². The molecule has 2 aromatic rings. The SMILES string of the molecule is CCCN(C(=O)c1ccc(C)cc1F)c1ccccc1N. The average molecular weight is 286 g/mol. The molecule has 1 amide bonds. The van der Waals surface area contributed by atoms with Crippen molar-refractivity contribution < 1.29 is 9.18 Å². The second kappa shape index (κ2) is 6.39. The number of hydrogen-bond acceptors (Lipinski definition) is 2. The number of rotatable bonds is 4. The highest BCUT2D eigenvalue weighted by Crippen LogP contribution is 2.25. The Morgan fingerprint density at radius 3 is 2.57 bits per heavy atom. The van der Waals surface area contributed by atoms with Gasteiger partial charge < -0.3 is 10.6 Å². The largest absolute Gasteiger partial charge is 0.397 e. The molecule has 0 aromatic heterocycles. The second-order valence-corrected chi connectivity index (χ2v) is 5.00. The quantitative estimate of drug-likeness (QED) is 0.870. The molecule has 0 aliphatic rings. The third kappa shape index (κ3) is 3.21. The number of nitrogens with two attached hydrogens (primary N) is 1. The highest BCUT2D eigenvalue weighted by Gasteiger charge is 2.21. The molecule has 0 saturated heterocycles. The van der Waals surface area contributed by atoms with E-state index in [1.54, 1.807) is 31.2 Å². The Hall–Kier alpha value is -2.36. The number of aryl methyl sites for hydroxylation is 1. The molecule has 0 radical (unpaired) electrons. The van der Waals surface area contributed by atoms with Crippen LogP contribution in [0.3, 0.4) is 0 Å². The van der Waals surface area contributed by atoms with Crippen molar-refractivity contribution >= 4 is 17.3 Å². The van der Waals surface area contributed by atoms with Crippen LogP contribution < -0.4 is 10.6 Å². The van der Waals surface area contributed by atoms with Crippen LogP contribution in [0.1, 0.15) is 29.3 Å². The van der Waals surface area contributed by atoms with E-state index < -0.39 is 5.82 Å². The van der Waals surface area contributed by atoms with Gasteiger partial charge in [-0.25, -0.2) is 4.39 Å². The first-order valence-corrected chi connectivity index (χ1v) is 6.97. The Morgan fingerprint density at radius 1 is 1.24 bits per heavy atom. The van der Waals surface area contributed by atoms with Crippen LogP contribution in [0.2, 0.25) is 0 Å². The molecule has 0 spiro atoms. The summed E-state index contributed by atoms with van der Waals surface area (Å²) in [7, 11) is 0. The topological polar surface area (TPSA) is 46.3 Å². The van der Waals surface area contributed by atoms with E-state index in [1.807, 2.05) is 13.0 Å². The summed E-state index contributed by atoms with van der Waals surface area (Å²) in [6.07, 6.45) is 0.757. The predicted molar refractivity (Wildman–Crippen MR) is 84.0 cm³/mol. The minimum atomic E-state index is -0.504. The monoisotopic (exact) mass is 286 g/mol. The van der Waals surface area contributed by atoms with Crippen molar-refractivity contribution in [3.05, 3.63) is 59.4 Å². The van der Waals surface area contributed by atoms with Gasteiger partial charge in [0.05, 0.1) is 16.9 Å². The molecule has 0 unspecified atom stereocenters. The Kier molecular flexibility index (Phi) is 4.58. The van der Waals surface area contributed by atoms with Crippen LogP contribution in [-0.2, 0) is 0 Å². The molecule has 4 heteroatoms. The van der Waals surface area contributed by atoms with E-state index in [0.717, 1.165) is 12.0 Å². The van der Waals surface area contributed by atoms with Crippen LogP contribution >= 0.6 is 0 Å². The van der Waals surface area contributed by atoms with Gasteiger partial charge in [-0.2, -0.15) is 0 Å². The highest BCUT2D eigenvalue weighted by molar-refractivity contribution is 6.07. The van der Waals surface area contributed by atoms with Gasteiger partial charge in [-0.15, -0.1) is 0 Å². The summed E-state index contributed by atoms with van der Waals surface area (Å²) in [5, 5.41) is 0. The molecule has 2 aromatic carbocycles. The average Bonchev–Trinajstić information content (AvgIpc) is 2.45. The van der Waals surface area contributed by atoms with E-state index >= 15 is 0 Å². The van der Waals surface area contributed by atoms with E-state index in [2.05, 4.69) is 0 Å². The van der Waals surface area contributed by atoms with Gasteiger partial charge in [0.1, 0.15) is 5.82 Å². The van der Waals surface area contributed by atoms with Crippen molar-refractivity contribution in [2.45, 2.75) is 20.3 Å². The Bertz CT molecular complexity index is 655. The van der Waals surface area contributed by atoms with Crippen molar-refractivity contribution in [3.63, 3.8) is 0 Å². The molecule has 2 N–H and O–H groups in total. The number of halogens is 1. The number of anilines is 2. The summed E-state index contributed by atoms with van der Waals surface area (Å²) in [5.41, 5.74) is 7.91. The summed E-state index contributed by atoms with van der Waals surface area (Å²) in [5.74, 6) is -0.872. The van der Waals surface area contributed by atoms with Crippen LogP contribution in [-0.4, -0.2) is 12.5 Å². The molecule has 0 atom stereocenters. The number of hydrogen-bond donors (Lipinski definition) is 1. The lowest BCUT2D eigenvalue weighted by Crippen LogP contribution is -2.33. The maximum absolute atomic E-state index is 14.0. The highest BCUT2D eigenvalue weighted by atomic mass is 19.1. The summed E-state index contributed by atoms with van der Waals surface area (Å²) < 4.78 is 14.0. The first-order chi connectivity index (χ1) is 10.0. The summed E-state index contributed by atoms with van der Waals surface area (Å²) in [6.45, 7) is 4.24. The number of amides is 1. The molecule has 0 fully saturated rings. The number of carbonyl (C=O) groups excluding carboxylic acids is 1. The molecule has 3 nitrogen and oxygen atoms in total. The molecule has 110 valence electrons. The zero-order chi connectivity index (χ0) is 15.4. The number of para-hydroxylation sites is 2. The second-order valence-electron chi connectivity index (χ2n) is 5.00. The Labute approximate surface area is 124 Å². The van der Waals surface area contributed by atoms with Gasteiger partial charge in [0.15, 0.2) is 0 Å². The lowest BCUT2D eigenvalue weighted by molar-refractivity contribution is 0.0983. The van der Waals surface area contributed by atoms with Crippen LogP contribution in [0, 0.1) is 12.7 Å². The molecule has 0 saturated carbocycles. The van der Waals surface area contributed by atoms with Crippen LogP contribution in [0.25, 0.3) is 0 Å². The molecule has 0 aliphatic carbocycles. The molecule has 21 heavy (non-hydrogen) atoms. The Morgan fingerprint density at radius 2 is 1.95 bits per heavy atom. The molecule has 2 rings (SSSR count). The lowest BCUT2D eigenvalue weighted by atomic mass is 10.1. The fraction of sp³-hybridized carbons (Fsp3) is 0.235. The third-order valence-corrected chi connectivity index (χ3v) is 3.27. The van der Waals surface area contributed by atoms with Gasteiger partial charge in [0, 0.05) is 6.54 Å². The zero-order valence-corrected chi connectivity index (χ0v) is 12.3.